The molecule has 0 spiro atoms. The first-order valence-electron chi connectivity index (χ1n) is 6.46. The summed E-state index contributed by atoms with van der Waals surface area (Å²) in [6.07, 6.45) is -2.69. The van der Waals surface area contributed by atoms with Crippen molar-refractivity contribution in [2.45, 2.75) is 25.3 Å². The van der Waals surface area contributed by atoms with Gasteiger partial charge in [-0.3, -0.25) is 4.79 Å². The Kier molecular flexibility index (Phi) is 6.54. The number of carbonyl (C=O) groups is 1. The summed E-state index contributed by atoms with van der Waals surface area (Å²) in [4.78, 5) is 15.4. The number of nitrogens with zero attached hydrogens (tertiary/aromatic N) is 1. The smallest absolute Gasteiger partial charge is 0.340 e. The lowest BCUT2D eigenvalue weighted by molar-refractivity contribution is -0.148. The average molecular weight is 323 g/mol. The summed E-state index contributed by atoms with van der Waals surface area (Å²) in [6.45, 7) is 0.787. The first kappa shape index (κ1) is 18.1. The highest BCUT2D eigenvalue weighted by Crippen LogP contribution is 2.23. The number of carbonyl (C=O) groups excluding carboxylic acids is 1. The predicted molar refractivity (Wildman–Crippen MR) is 71.5 cm³/mol. The van der Waals surface area contributed by atoms with Gasteiger partial charge in [-0.2, -0.15) is 8.78 Å². The summed E-state index contributed by atoms with van der Waals surface area (Å²) in [6, 6.07) is 2.55. The van der Waals surface area contributed by atoms with Crippen LogP contribution in [0.5, 0.6) is 5.88 Å². The molecule has 0 radical (unpaired) electrons. The van der Waals surface area contributed by atoms with Crippen LogP contribution in [0.2, 0.25) is 0 Å². The number of pyridine rings is 1. The van der Waals surface area contributed by atoms with Crippen LogP contribution >= 0.6 is 0 Å². The first-order chi connectivity index (χ1) is 10.3. The molecule has 1 aromatic heterocycles. The third-order valence-electron chi connectivity index (χ3n) is 2.79. The second-order valence-corrected chi connectivity index (χ2v) is 4.64. The Morgan fingerprint density at radius 2 is 2.09 bits per heavy atom. The molecule has 0 saturated heterocycles. The molecule has 0 fully saturated rings. The number of aromatic nitrogens is 1. The Labute approximate surface area is 125 Å². The van der Waals surface area contributed by atoms with Crippen LogP contribution in [0.4, 0.5) is 17.6 Å². The summed E-state index contributed by atoms with van der Waals surface area (Å²) in [5.74, 6) is -4.90. The zero-order valence-corrected chi connectivity index (χ0v) is 12.1. The molecule has 0 aliphatic carbocycles. The zero-order chi connectivity index (χ0) is 16.8. The first-order valence-corrected chi connectivity index (χ1v) is 6.46. The van der Waals surface area contributed by atoms with Crippen LogP contribution in [-0.4, -0.2) is 49.5 Å². The number of hydrogen-bond acceptors (Lipinski definition) is 4. The SMILES string of the molecule is CNC(C)CNC(=O)c1ccc(OCC(F)(F)C(F)F)nc1. The number of amides is 1. The number of rotatable bonds is 8. The van der Waals surface area contributed by atoms with Crippen LogP contribution in [0.25, 0.3) is 0 Å². The van der Waals surface area contributed by atoms with E-state index in [0.717, 1.165) is 12.3 Å². The van der Waals surface area contributed by atoms with E-state index in [-0.39, 0.29) is 23.4 Å². The lowest BCUT2D eigenvalue weighted by atomic mass is 10.2. The Bertz CT molecular complexity index is 483. The molecule has 22 heavy (non-hydrogen) atoms. The van der Waals surface area contributed by atoms with Crippen molar-refractivity contribution in [2.24, 2.45) is 0 Å². The van der Waals surface area contributed by atoms with Crippen LogP contribution in [0.15, 0.2) is 18.3 Å². The molecule has 5 nitrogen and oxygen atoms in total. The van der Waals surface area contributed by atoms with Crippen molar-refractivity contribution in [3.63, 3.8) is 0 Å². The molecular formula is C13H17F4N3O2. The van der Waals surface area contributed by atoms with E-state index in [9.17, 15) is 22.4 Å². The van der Waals surface area contributed by atoms with Gasteiger partial charge in [0.05, 0.1) is 5.56 Å². The summed E-state index contributed by atoms with van der Waals surface area (Å²) < 4.78 is 53.8. The average Bonchev–Trinajstić information content (AvgIpc) is 2.50. The zero-order valence-electron chi connectivity index (χ0n) is 12.1. The number of hydrogen-bond donors (Lipinski definition) is 2. The maximum Gasteiger partial charge on any atom is 0.340 e. The van der Waals surface area contributed by atoms with Crippen molar-refractivity contribution in [1.29, 1.82) is 0 Å². The van der Waals surface area contributed by atoms with E-state index in [2.05, 4.69) is 20.4 Å². The van der Waals surface area contributed by atoms with Gasteiger partial charge in [-0.05, 0) is 20.0 Å². The highest BCUT2D eigenvalue weighted by Gasteiger charge is 2.41. The Hall–Kier alpha value is -1.90. The van der Waals surface area contributed by atoms with Gasteiger partial charge in [0.25, 0.3) is 5.91 Å². The number of likely N-dealkylation sites (N-methyl/N-ethyl adjacent to an activating group) is 1. The molecular weight excluding hydrogens is 306 g/mol. The Balaban J connectivity index is 2.54. The van der Waals surface area contributed by atoms with Crippen molar-refractivity contribution in [1.82, 2.24) is 15.6 Å². The fourth-order valence-corrected chi connectivity index (χ4v) is 1.28. The summed E-state index contributed by atoms with van der Waals surface area (Å²) in [7, 11) is 1.75. The van der Waals surface area contributed by atoms with Crippen molar-refractivity contribution in [2.75, 3.05) is 20.2 Å². The molecule has 1 amide bonds. The summed E-state index contributed by atoms with van der Waals surface area (Å²) >= 11 is 0. The number of alkyl halides is 4. The third-order valence-corrected chi connectivity index (χ3v) is 2.79. The van der Waals surface area contributed by atoms with E-state index in [1.807, 2.05) is 6.92 Å². The van der Waals surface area contributed by atoms with Gasteiger partial charge in [0.2, 0.25) is 5.88 Å². The Morgan fingerprint density at radius 1 is 1.41 bits per heavy atom. The highest BCUT2D eigenvalue weighted by molar-refractivity contribution is 5.93. The predicted octanol–water partition coefficient (Wildman–Crippen LogP) is 1.70. The topological polar surface area (TPSA) is 63.2 Å². The molecule has 9 heteroatoms. The number of ether oxygens (including phenoxy) is 1. The molecule has 1 heterocycles. The van der Waals surface area contributed by atoms with Crippen molar-refractivity contribution in [3.8, 4) is 5.88 Å². The van der Waals surface area contributed by atoms with Gasteiger partial charge in [0.1, 0.15) is 0 Å². The van der Waals surface area contributed by atoms with Crippen LogP contribution in [0.3, 0.4) is 0 Å². The van der Waals surface area contributed by atoms with Crippen LogP contribution in [0.1, 0.15) is 17.3 Å². The molecule has 124 valence electrons. The number of halogens is 4. The Morgan fingerprint density at radius 3 is 2.59 bits per heavy atom. The highest BCUT2D eigenvalue weighted by atomic mass is 19.3. The monoisotopic (exact) mass is 323 g/mol. The summed E-state index contributed by atoms with van der Waals surface area (Å²) in [5, 5.41) is 5.58. The fraction of sp³-hybridized carbons (Fsp3) is 0.538. The molecule has 0 aliphatic heterocycles. The van der Waals surface area contributed by atoms with Gasteiger partial charge in [0.15, 0.2) is 6.61 Å². The second-order valence-electron chi connectivity index (χ2n) is 4.64. The molecule has 0 saturated carbocycles. The van der Waals surface area contributed by atoms with E-state index in [4.69, 9.17) is 0 Å². The van der Waals surface area contributed by atoms with Crippen LogP contribution < -0.4 is 15.4 Å². The van der Waals surface area contributed by atoms with Gasteiger partial charge in [-0.25, -0.2) is 13.8 Å². The minimum atomic E-state index is -4.25. The van der Waals surface area contributed by atoms with Gasteiger partial charge >= 0.3 is 12.3 Å². The normalized spacial score (nSPS) is 13.0. The second kappa shape index (κ2) is 7.92. The van der Waals surface area contributed by atoms with Crippen molar-refractivity contribution >= 4 is 5.91 Å². The molecule has 1 aromatic rings. The van der Waals surface area contributed by atoms with E-state index >= 15 is 0 Å². The minimum Gasteiger partial charge on any atom is -0.471 e. The maximum atomic E-state index is 12.7. The number of nitrogens with one attached hydrogen (secondary N) is 2. The quantitative estimate of drug-likeness (QED) is 0.715. The van der Waals surface area contributed by atoms with E-state index in [1.54, 1.807) is 7.05 Å². The lowest BCUT2D eigenvalue weighted by Crippen LogP contribution is -2.37. The van der Waals surface area contributed by atoms with Gasteiger partial charge in [-0.15, -0.1) is 0 Å². The third kappa shape index (κ3) is 5.47. The fourth-order valence-electron chi connectivity index (χ4n) is 1.28. The largest absolute Gasteiger partial charge is 0.471 e. The molecule has 2 N–H and O–H groups in total. The summed E-state index contributed by atoms with van der Waals surface area (Å²) in [5.41, 5.74) is 0.205. The van der Waals surface area contributed by atoms with Crippen molar-refractivity contribution in [3.05, 3.63) is 23.9 Å². The minimum absolute atomic E-state index is 0.0797. The maximum absolute atomic E-state index is 12.7. The van der Waals surface area contributed by atoms with Gasteiger partial charge < -0.3 is 15.4 Å². The molecule has 0 aliphatic rings. The molecule has 1 unspecified atom stereocenters. The van der Waals surface area contributed by atoms with Crippen molar-refractivity contribution < 1.29 is 27.1 Å². The van der Waals surface area contributed by atoms with Crippen LogP contribution in [-0.2, 0) is 0 Å². The standard InChI is InChI=1S/C13H17F4N3O2/c1-8(18-2)5-20-11(21)9-3-4-10(19-6-9)22-7-13(16,17)12(14)15/h3-4,6,8,12,18H,5,7H2,1-2H3,(H,20,21). The van der Waals surface area contributed by atoms with Crippen LogP contribution in [0, 0.1) is 0 Å². The molecule has 0 bridgehead atoms. The lowest BCUT2D eigenvalue weighted by Gasteiger charge is -2.15. The van der Waals surface area contributed by atoms with E-state index in [0.29, 0.717) is 6.54 Å². The molecule has 0 aromatic carbocycles. The molecule has 1 rings (SSSR count). The molecule has 1 atom stereocenters. The van der Waals surface area contributed by atoms with E-state index in [1.165, 1.54) is 6.07 Å². The van der Waals surface area contributed by atoms with Gasteiger partial charge in [0, 0.05) is 24.8 Å². The van der Waals surface area contributed by atoms with Gasteiger partial charge in [-0.1, -0.05) is 0 Å². The van der Waals surface area contributed by atoms with E-state index < -0.39 is 19.0 Å².